The SMILES string of the molecule is CCCCCCCCN(CCCCCCCC)CCCCCCCC.COS(=O)(=O)C(F)(F)F. The molecule has 0 aromatic heterocycles. The molecule has 0 aromatic rings. The Morgan fingerprint density at radius 1 is 0.559 bits per heavy atom. The Kier molecular flexibility index (Phi) is 25.7. The van der Waals surface area contributed by atoms with E-state index in [-0.39, 0.29) is 0 Å². The van der Waals surface area contributed by atoms with E-state index in [1.165, 1.54) is 135 Å². The highest BCUT2D eigenvalue weighted by Crippen LogP contribution is 2.23. The Hall–Kier alpha value is -0.340. The fourth-order valence-corrected chi connectivity index (χ4v) is 3.97. The molecule has 0 spiro atoms. The minimum absolute atomic E-state index is 0.447. The van der Waals surface area contributed by atoms with Crippen LogP contribution < -0.4 is 0 Å². The summed E-state index contributed by atoms with van der Waals surface area (Å²) in [6.07, 6.45) is 25.7. The van der Waals surface area contributed by atoms with Gasteiger partial charge in [0, 0.05) is 0 Å². The molecule has 208 valence electrons. The first-order valence-electron chi connectivity index (χ1n) is 13.7. The van der Waals surface area contributed by atoms with Gasteiger partial charge < -0.3 is 4.90 Å². The Balaban J connectivity index is 0. The van der Waals surface area contributed by atoms with Gasteiger partial charge in [-0.1, -0.05) is 117 Å². The molecule has 0 N–H and O–H groups in total. The van der Waals surface area contributed by atoms with Gasteiger partial charge in [-0.2, -0.15) is 21.6 Å². The maximum absolute atomic E-state index is 11.1. The Morgan fingerprint density at radius 3 is 1.03 bits per heavy atom. The molecule has 0 saturated carbocycles. The second kappa shape index (κ2) is 24.4. The standard InChI is InChI=1S/C24H51N.C2H3F3O3S/c1-4-7-10-13-16-19-22-25(23-20-17-14-11-8-5-2)24-21-18-15-12-9-6-3;1-8-9(6,7)2(3,4)5/h4-24H2,1-3H3;1H3. The van der Waals surface area contributed by atoms with E-state index in [2.05, 4.69) is 29.9 Å². The Morgan fingerprint density at radius 2 is 0.824 bits per heavy atom. The average Bonchev–Trinajstić information content (AvgIpc) is 2.79. The zero-order valence-corrected chi connectivity index (χ0v) is 23.4. The summed E-state index contributed by atoms with van der Waals surface area (Å²) < 4.78 is 55.9. The van der Waals surface area contributed by atoms with Crippen LogP contribution in [0, 0.1) is 0 Å². The van der Waals surface area contributed by atoms with E-state index in [0.717, 1.165) is 0 Å². The molecule has 0 aliphatic heterocycles. The van der Waals surface area contributed by atoms with Crippen molar-refractivity contribution in [1.82, 2.24) is 4.90 Å². The fourth-order valence-electron chi connectivity index (χ4n) is 3.78. The lowest BCUT2D eigenvalue weighted by molar-refractivity contribution is -0.0526. The molecular formula is C26H54F3NO3S. The molecule has 8 heteroatoms. The van der Waals surface area contributed by atoms with Crippen LogP contribution in [0.1, 0.15) is 136 Å². The van der Waals surface area contributed by atoms with Gasteiger partial charge in [0.2, 0.25) is 0 Å². The maximum Gasteiger partial charge on any atom is 0.523 e. The molecule has 0 rings (SSSR count). The molecule has 0 fully saturated rings. The predicted molar refractivity (Wildman–Crippen MR) is 139 cm³/mol. The second-order valence-electron chi connectivity index (χ2n) is 9.21. The van der Waals surface area contributed by atoms with Crippen LogP contribution in [0.2, 0.25) is 0 Å². The van der Waals surface area contributed by atoms with E-state index in [9.17, 15) is 21.6 Å². The van der Waals surface area contributed by atoms with Crippen molar-refractivity contribution in [3.05, 3.63) is 0 Å². The van der Waals surface area contributed by atoms with Gasteiger partial charge in [0.15, 0.2) is 0 Å². The third kappa shape index (κ3) is 23.4. The molecule has 0 saturated heterocycles. The number of alkyl halides is 3. The summed E-state index contributed by atoms with van der Waals surface area (Å²) in [5, 5.41) is 0. The molecule has 0 aromatic carbocycles. The van der Waals surface area contributed by atoms with Gasteiger partial charge in [-0.25, -0.2) is 0 Å². The van der Waals surface area contributed by atoms with Gasteiger partial charge in [-0.05, 0) is 38.9 Å². The molecule has 0 bridgehead atoms. The lowest BCUT2D eigenvalue weighted by Crippen LogP contribution is -2.27. The highest BCUT2D eigenvalue weighted by atomic mass is 32.2. The maximum atomic E-state index is 11.1. The highest BCUT2D eigenvalue weighted by molar-refractivity contribution is 7.87. The van der Waals surface area contributed by atoms with E-state index in [4.69, 9.17) is 0 Å². The van der Waals surface area contributed by atoms with Crippen molar-refractivity contribution in [3.8, 4) is 0 Å². The van der Waals surface area contributed by atoms with E-state index in [1.807, 2.05) is 0 Å². The fraction of sp³-hybridized carbons (Fsp3) is 1.00. The first-order chi connectivity index (χ1) is 16.2. The van der Waals surface area contributed by atoms with E-state index in [0.29, 0.717) is 7.11 Å². The number of unbranched alkanes of at least 4 members (excludes halogenated alkanes) is 15. The van der Waals surface area contributed by atoms with E-state index in [1.54, 1.807) is 0 Å². The Labute approximate surface area is 209 Å². The predicted octanol–water partition coefficient (Wildman–Crippen LogP) is 8.85. The zero-order chi connectivity index (χ0) is 26.1. The summed E-state index contributed by atoms with van der Waals surface area (Å²) in [6, 6.07) is 0. The van der Waals surface area contributed by atoms with E-state index >= 15 is 0 Å². The Bertz CT molecular complexity index is 476. The lowest BCUT2D eigenvalue weighted by Gasteiger charge is -2.22. The summed E-state index contributed by atoms with van der Waals surface area (Å²) in [7, 11) is -4.89. The number of halogens is 3. The molecule has 0 radical (unpaired) electrons. The molecular weight excluding hydrogens is 463 g/mol. The third-order valence-corrected chi connectivity index (χ3v) is 6.99. The van der Waals surface area contributed by atoms with Crippen LogP contribution in [0.5, 0.6) is 0 Å². The van der Waals surface area contributed by atoms with Gasteiger partial charge in [-0.15, -0.1) is 0 Å². The summed E-state index contributed by atoms with van der Waals surface area (Å²) >= 11 is 0. The molecule has 0 aliphatic rings. The normalized spacial score (nSPS) is 12.1. The molecule has 4 nitrogen and oxygen atoms in total. The third-order valence-electron chi connectivity index (χ3n) is 5.99. The average molecular weight is 518 g/mol. The van der Waals surface area contributed by atoms with Crippen LogP contribution >= 0.6 is 0 Å². The molecule has 34 heavy (non-hydrogen) atoms. The molecule has 0 amide bonds. The minimum atomic E-state index is -5.34. The van der Waals surface area contributed by atoms with Gasteiger partial charge in [0.1, 0.15) is 0 Å². The highest BCUT2D eigenvalue weighted by Gasteiger charge is 2.46. The number of hydrogen-bond acceptors (Lipinski definition) is 4. The van der Waals surface area contributed by atoms with Crippen LogP contribution in [0.4, 0.5) is 13.2 Å². The van der Waals surface area contributed by atoms with Gasteiger partial charge in [0.05, 0.1) is 7.11 Å². The quantitative estimate of drug-likeness (QED) is 0.0817. The first kappa shape index (κ1) is 35.8. The second-order valence-corrected chi connectivity index (χ2v) is 10.9. The van der Waals surface area contributed by atoms with Crippen LogP contribution in [0.3, 0.4) is 0 Å². The van der Waals surface area contributed by atoms with Crippen molar-refractivity contribution in [2.45, 2.75) is 142 Å². The van der Waals surface area contributed by atoms with Gasteiger partial charge in [-0.3, -0.25) is 4.18 Å². The van der Waals surface area contributed by atoms with E-state index < -0.39 is 15.6 Å². The number of rotatable bonds is 22. The summed E-state index contributed by atoms with van der Waals surface area (Å²) in [4.78, 5) is 2.79. The molecule has 0 heterocycles. The molecule has 0 unspecified atom stereocenters. The van der Waals surface area contributed by atoms with Crippen molar-refractivity contribution in [2.75, 3.05) is 26.7 Å². The summed E-state index contributed by atoms with van der Waals surface area (Å²) in [6.45, 7) is 11.0. The van der Waals surface area contributed by atoms with Crippen molar-refractivity contribution in [1.29, 1.82) is 0 Å². The van der Waals surface area contributed by atoms with Crippen LogP contribution in [-0.2, 0) is 14.3 Å². The molecule has 0 aliphatic carbocycles. The minimum Gasteiger partial charge on any atom is -0.303 e. The van der Waals surface area contributed by atoms with Gasteiger partial charge >= 0.3 is 15.6 Å². The molecule has 0 atom stereocenters. The largest absolute Gasteiger partial charge is 0.523 e. The van der Waals surface area contributed by atoms with Crippen molar-refractivity contribution >= 4 is 10.1 Å². The van der Waals surface area contributed by atoms with Gasteiger partial charge in [0.25, 0.3) is 0 Å². The lowest BCUT2D eigenvalue weighted by atomic mass is 10.1. The monoisotopic (exact) mass is 517 g/mol. The zero-order valence-electron chi connectivity index (χ0n) is 22.6. The number of hydrogen-bond donors (Lipinski definition) is 0. The summed E-state index contributed by atoms with van der Waals surface area (Å²) in [5.74, 6) is 0. The van der Waals surface area contributed by atoms with Crippen molar-refractivity contribution in [3.63, 3.8) is 0 Å². The summed E-state index contributed by atoms with van der Waals surface area (Å²) in [5.41, 5.74) is -5.30. The number of nitrogens with zero attached hydrogens (tertiary/aromatic N) is 1. The first-order valence-corrected chi connectivity index (χ1v) is 15.2. The van der Waals surface area contributed by atoms with Crippen LogP contribution in [-0.4, -0.2) is 45.6 Å². The van der Waals surface area contributed by atoms with Crippen LogP contribution in [0.25, 0.3) is 0 Å². The smallest absolute Gasteiger partial charge is 0.303 e. The van der Waals surface area contributed by atoms with Crippen LogP contribution in [0.15, 0.2) is 0 Å². The van der Waals surface area contributed by atoms with Crippen molar-refractivity contribution in [2.24, 2.45) is 0 Å². The topological polar surface area (TPSA) is 46.6 Å². The van der Waals surface area contributed by atoms with Crippen molar-refractivity contribution < 1.29 is 25.8 Å².